The molecule has 9 nitrogen and oxygen atoms in total. The molecule has 6 N–H and O–H groups in total. The molecule has 1 aliphatic heterocycles. The fourth-order valence-electron chi connectivity index (χ4n) is 9.38. The Morgan fingerprint density at radius 1 is 0.486 bits per heavy atom. The summed E-state index contributed by atoms with van der Waals surface area (Å²) in [4.78, 5) is 13.1. The average Bonchev–Trinajstić information content (AvgIpc) is 3.36. The van der Waals surface area contributed by atoms with Gasteiger partial charge < -0.3 is 40.3 Å². The van der Waals surface area contributed by atoms with Crippen molar-refractivity contribution in [2.24, 2.45) is 0 Å². The van der Waals surface area contributed by atoms with Crippen LogP contribution in [0.5, 0.6) is 0 Å². The summed E-state index contributed by atoms with van der Waals surface area (Å²) in [6, 6.07) is -0.821. The number of carbonyl (C=O) groups excluding carboxylic acids is 1. The summed E-state index contributed by atoms with van der Waals surface area (Å²) in [5, 5.41) is 54.5. The molecule has 1 heterocycles. The van der Waals surface area contributed by atoms with Gasteiger partial charge in [-0.05, 0) is 64.2 Å². The first-order chi connectivity index (χ1) is 34.3. The lowest BCUT2D eigenvalue weighted by molar-refractivity contribution is -0.302. The molecular formula is C61H113NO8. The van der Waals surface area contributed by atoms with Gasteiger partial charge in [-0.1, -0.05) is 255 Å². The Morgan fingerprint density at radius 2 is 0.857 bits per heavy atom. The smallest absolute Gasteiger partial charge is 0.220 e. The number of allylic oxidation sites excluding steroid dienone is 7. The molecule has 410 valence electrons. The normalized spacial score (nSPS) is 19.7. The summed E-state index contributed by atoms with van der Waals surface area (Å²) < 4.78 is 11.3. The van der Waals surface area contributed by atoms with E-state index in [-0.39, 0.29) is 12.5 Å². The van der Waals surface area contributed by atoms with E-state index in [1.54, 1.807) is 6.08 Å². The zero-order chi connectivity index (χ0) is 50.8. The van der Waals surface area contributed by atoms with Gasteiger partial charge in [0, 0.05) is 6.42 Å². The van der Waals surface area contributed by atoms with Crippen LogP contribution < -0.4 is 5.32 Å². The third-order valence-corrected chi connectivity index (χ3v) is 14.1. The Kier molecular flexibility index (Phi) is 47.9. The number of ether oxygens (including phenoxy) is 2. The van der Waals surface area contributed by atoms with E-state index < -0.39 is 49.5 Å². The molecule has 0 spiro atoms. The molecule has 0 bridgehead atoms. The lowest BCUT2D eigenvalue weighted by atomic mass is 9.99. The van der Waals surface area contributed by atoms with Gasteiger partial charge in [0.05, 0.1) is 25.4 Å². The zero-order valence-electron chi connectivity index (χ0n) is 45.5. The standard InChI is InChI=1S/C61H113NO8/c1-3-5-7-9-11-13-15-17-19-21-22-23-24-25-26-27-28-29-30-31-32-33-34-35-37-39-41-43-45-47-49-51-57(65)62-54(53-69-61-60(68)59(67)58(66)56(52-63)70-61)55(64)50-48-46-44-42-40-38-36-20-18-16-14-12-10-8-6-4-2/h15,17,21-22,40,42,48,50,54-56,58-61,63-64,66-68H,3-14,16,18-20,23-39,41,43-47,49,51-53H2,1-2H3,(H,62,65)/b17-15-,22-21-,42-40+,50-48+. The fraction of sp³-hybridized carbons (Fsp3) is 0.852. The van der Waals surface area contributed by atoms with Gasteiger partial charge in [0.1, 0.15) is 24.4 Å². The molecule has 0 radical (unpaired) electrons. The maximum absolute atomic E-state index is 13.1. The predicted molar refractivity (Wildman–Crippen MR) is 295 cm³/mol. The SMILES string of the molecule is CCCCCCC/C=C\C/C=C\CCCCCCCCCCCCCCCCCCCCCC(=O)NC(COC1OC(CO)C(O)C(O)C1O)C(O)/C=C/CC/C=C/CCCCCCCCCCCC. The van der Waals surface area contributed by atoms with Crippen molar-refractivity contribution in [2.75, 3.05) is 13.2 Å². The van der Waals surface area contributed by atoms with Crippen molar-refractivity contribution in [3.05, 3.63) is 48.6 Å². The summed E-state index contributed by atoms with van der Waals surface area (Å²) in [5.41, 5.74) is 0. The number of aliphatic hydroxyl groups is 5. The molecule has 0 aromatic rings. The fourth-order valence-corrected chi connectivity index (χ4v) is 9.38. The van der Waals surface area contributed by atoms with E-state index in [9.17, 15) is 30.3 Å². The minimum Gasteiger partial charge on any atom is -0.394 e. The molecule has 9 heteroatoms. The van der Waals surface area contributed by atoms with Crippen LogP contribution in [-0.2, 0) is 14.3 Å². The molecule has 7 unspecified atom stereocenters. The number of hydrogen-bond donors (Lipinski definition) is 6. The lowest BCUT2D eigenvalue weighted by Gasteiger charge is -2.40. The van der Waals surface area contributed by atoms with Crippen LogP contribution in [0.15, 0.2) is 48.6 Å². The maximum atomic E-state index is 13.1. The van der Waals surface area contributed by atoms with Crippen LogP contribution in [0.25, 0.3) is 0 Å². The monoisotopic (exact) mass is 988 g/mol. The first-order valence-corrected chi connectivity index (χ1v) is 29.9. The summed E-state index contributed by atoms with van der Waals surface area (Å²) >= 11 is 0. The third kappa shape index (κ3) is 39.7. The Labute approximate surface area is 431 Å². The van der Waals surface area contributed by atoms with Gasteiger partial charge >= 0.3 is 0 Å². The summed E-state index contributed by atoms with van der Waals surface area (Å²) in [5.74, 6) is -0.184. The number of carbonyl (C=O) groups is 1. The van der Waals surface area contributed by atoms with Crippen molar-refractivity contribution in [3.8, 4) is 0 Å². The van der Waals surface area contributed by atoms with E-state index in [0.29, 0.717) is 6.42 Å². The van der Waals surface area contributed by atoms with E-state index in [4.69, 9.17) is 9.47 Å². The second-order valence-electron chi connectivity index (χ2n) is 20.8. The van der Waals surface area contributed by atoms with Crippen LogP contribution in [0.1, 0.15) is 277 Å². The molecule has 0 saturated carbocycles. The van der Waals surface area contributed by atoms with Gasteiger partial charge in [-0.3, -0.25) is 4.79 Å². The first kappa shape index (κ1) is 66.2. The Morgan fingerprint density at radius 3 is 1.29 bits per heavy atom. The molecule has 1 aliphatic rings. The molecule has 1 saturated heterocycles. The second-order valence-corrected chi connectivity index (χ2v) is 20.8. The van der Waals surface area contributed by atoms with Crippen LogP contribution in [-0.4, -0.2) is 87.5 Å². The van der Waals surface area contributed by atoms with E-state index in [0.717, 1.165) is 44.9 Å². The van der Waals surface area contributed by atoms with Gasteiger partial charge in [0.15, 0.2) is 6.29 Å². The Bertz CT molecular complexity index is 1240. The highest BCUT2D eigenvalue weighted by molar-refractivity contribution is 5.76. The highest BCUT2D eigenvalue weighted by atomic mass is 16.7. The molecule has 0 aromatic heterocycles. The highest BCUT2D eigenvalue weighted by Gasteiger charge is 2.44. The molecule has 1 amide bonds. The first-order valence-electron chi connectivity index (χ1n) is 29.9. The Balaban J connectivity index is 2.16. The Hall–Kier alpha value is -1.85. The van der Waals surface area contributed by atoms with E-state index in [2.05, 4.69) is 55.6 Å². The van der Waals surface area contributed by atoms with Crippen LogP contribution in [0.3, 0.4) is 0 Å². The van der Waals surface area contributed by atoms with Crippen molar-refractivity contribution in [1.29, 1.82) is 0 Å². The quantitative estimate of drug-likeness (QED) is 0.0261. The van der Waals surface area contributed by atoms with Crippen LogP contribution in [0.2, 0.25) is 0 Å². The third-order valence-electron chi connectivity index (χ3n) is 14.1. The summed E-state index contributed by atoms with van der Waals surface area (Å²) in [7, 11) is 0. The van der Waals surface area contributed by atoms with Crippen molar-refractivity contribution in [3.63, 3.8) is 0 Å². The van der Waals surface area contributed by atoms with E-state index in [1.807, 2.05) is 6.08 Å². The van der Waals surface area contributed by atoms with Crippen molar-refractivity contribution in [1.82, 2.24) is 5.32 Å². The number of unbranched alkanes of at least 4 members (excludes halogenated alkanes) is 35. The number of hydrogen-bond acceptors (Lipinski definition) is 8. The minimum atomic E-state index is -1.57. The molecule has 1 rings (SSSR count). The van der Waals surface area contributed by atoms with Crippen molar-refractivity contribution in [2.45, 2.75) is 320 Å². The van der Waals surface area contributed by atoms with Gasteiger partial charge in [0.25, 0.3) is 0 Å². The highest BCUT2D eigenvalue weighted by Crippen LogP contribution is 2.23. The summed E-state index contributed by atoms with van der Waals surface area (Å²) in [6.07, 6.45) is 60.5. The van der Waals surface area contributed by atoms with Gasteiger partial charge in [-0.2, -0.15) is 0 Å². The van der Waals surface area contributed by atoms with Crippen molar-refractivity contribution < 1.29 is 39.8 Å². The number of rotatable bonds is 51. The average molecular weight is 989 g/mol. The largest absolute Gasteiger partial charge is 0.394 e. The molecule has 1 fully saturated rings. The number of amides is 1. The van der Waals surface area contributed by atoms with Crippen LogP contribution >= 0.6 is 0 Å². The second kappa shape index (κ2) is 50.7. The lowest BCUT2D eigenvalue weighted by Crippen LogP contribution is -2.60. The van der Waals surface area contributed by atoms with Crippen LogP contribution in [0.4, 0.5) is 0 Å². The van der Waals surface area contributed by atoms with Gasteiger partial charge in [0.2, 0.25) is 5.91 Å². The zero-order valence-corrected chi connectivity index (χ0v) is 45.5. The van der Waals surface area contributed by atoms with Crippen molar-refractivity contribution >= 4 is 5.91 Å². The molecule has 70 heavy (non-hydrogen) atoms. The van der Waals surface area contributed by atoms with E-state index in [1.165, 1.54) is 212 Å². The number of aliphatic hydroxyl groups excluding tert-OH is 5. The molecular weight excluding hydrogens is 875 g/mol. The minimum absolute atomic E-state index is 0.184. The molecule has 7 atom stereocenters. The van der Waals surface area contributed by atoms with Gasteiger partial charge in [-0.25, -0.2) is 0 Å². The topological polar surface area (TPSA) is 149 Å². The molecule has 0 aliphatic carbocycles. The molecule has 0 aromatic carbocycles. The maximum Gasteiger partial charge on any atom is 0.220 e. The predicted octanol–water partition coefficient (Wildman–Crippen LogP) is 14.9. The summed E-state index contributed by atoms with van der Waals surface area (Å²) in [6.45, 7) is 3.77. The van der Waals surface area contributed by atoms with Gasteiger partial charge in [-0.15, -0.1) is 0 Å². The van der Waals surface area contributed by atoms with Crippen LogP contribution in [0, 0.1) is 0 Å². The van der Waals surface area contributed by atoms with E-state index >= 15 is 0 Å². The number of nitrogens with one attached hydrogen (secondary N) is 1.